The van der Waals surface area contributed by atoms with Gasteiger partial charge in [0, 0.05) is 38.0 Å². The SMILES string of the molecule is COc1cc(N)ccc1C(=O)NCCc1ccn(C)n1. The number of nitrogens with two attached hydrogens (primary N) is 1. The van der Waals surface area contributed by atoms with Crippen LogP contribution in [-0.2, 0) is 13.5 Å². The molecule has 0 bridgehead atoms. The van der Waals surface area contributed by atoms with Gasteiger partial charge in [-0.1, -0.05) is 0 Å². The van der Waals surface area contributed by atoms with Crippen LogP contribution in [0.15, 0.2) is 30.5 Å². The topological polar surface area (TPSA) is 82.2 Å². The molecule has 0 saturated carbocycles. The second kappa shape index (κ2) is 6.10. The molecule has 2 aromatic rings. The van der Waals surface area contributed by atoms with E-state index in [1.54, 1.807) is 22.9 Å². The van der Waals surface area contributed by atoms with Crippen LogP contribution in [0.5, 0.6) is 5.75 Å². The number of nitrogens with zero attached hydrogens (tertiary/aromatic N) is 2. The van der Waals surface area contributed by atoms with Crippen LogP contribution >= 0.6 is 0 Å². The van der Waals surface area contributed by atoms with E-state index in [1.165, 1.54) is 7.11 Å². The average molecular weight is 274 g/mol. The molecule has 0 unspecified atom stereocenters. The van der Waals surface area contributed by atoms with Crippen molar-refractivity contribution in [3.05, 3.63) is 41.7 Å². The molecule has 0 spiro atoms. The average Bonchev–Trinajstić information content (AvgIpc) is 2.84. The normalized spacial score (nSPS) is 10.3. The molecular formula is C14H18N4O2. The Kier molecular flexibility index (Phi) is 4.24. The number of aromatic nitrogens is 2. The zero-order valence-corrected chi connectivity index (χ0v) is 11.6. The van der Waals surface area contributed by atoms with Crippen molar-refractivity contribution in [2.24, 2.45) is 7.05 Å². The number of hydrogen-bond donors (Lipinski definition) is 2. The Morgan fingerprint density at radius 1 is 1.45 bits per heavy atom. The maximum Gasteiger partial charge on any atom is 0.255 e. The molecule has 20 heavy (non-hydrogen) atoms. The first-order valence-electron chi connectivity index (χ1n) is 6.30. The molecule has 3 N–H and O–H groups in total. The molecule has 1 aromatic heterocycles. The van der Waals surface area contributed by atoms with Crippen molar-refractivity contribution in [3.8, 4) is 5.75 Å². The second-order valence-corrected chi connectivity index (χ2v) is 4.45. The van der Waals surface area contributed by atoms with E-state index in [2.05, 4.69) is 10.4 Å². The largest absolute Gasteiger partial charge is 0.496 e. The third-order valence-corrected chi connectivity index (χ3v) is 2.91. The van der Waals surface area contributed by atoms with Gasteiger partial charge in [-0.3, -0.25) is 9.48 Å². The summed E-state index contributed by atoms with van der Waals surface area (Å²) in [6, 6.07) is 6.89. The Balaban J connectivity index is 1.95. The zero-order valence-electron chi connectivity index (χ0n) is 11.6. The Labute approximate surface area is 117 Å². The first-order chi connectivity index (χ1) is 9.60. The molecule has 1 amide bonds. The monoisotopic (exact) mass is 274 g/mol. The Morgan fingerprint density at radius 2 is 2.25 bits per heavy atom. The van der Waals surface area contributed by atoms with Crippen molar-refractivity contribution in [1.82, 2.24) is 15.1 Å². The molecule has 106 valence electrons. The van der Waals surface area contributed by atoms with E-state index < -0.39 is 0 Å². The van der Waals surface area contributed by atoms with E-state index >= 15 is 0 Å². The molecule has 1 heterocycles. The van der Waals surface area contributed by atoms with Crippen molar-refractivity contribution in [2.45, 2.75) is 6.42 Å². The number of nitrogen functional groups attached to an aromatic ring is 1. The lowest BCUT2D eigenvalue weighted by Crippen LogP contribution is -2.26. The third-order valence-electron chi connectivity index (χ3n) is 2.91. The van der Waals surface area contributed by atoms with Gasteiger partial charge in [-0.25, -0.2) is 0 Å². The van der Waals surface area contributed by atoms with Gasteiger partial charge in [0.25, 0.3) is 5.91 Å². The predicted molar refractivity (Wildman–Crippen MR) is 76.7 cm³/mol. The molecule has 0 saturated heterocycles. The lowest BCUT2D eigenvalue weighted by molar-refractivity contribution is 0.0951. The molecule has 2 rings (SSSR count). The van der Waals surface area contributed by atoms with Crippen LogP contribution < -0.4 is 15.8 Å². The van der Waals surface area contributed by atoms with Crippen molar-refractivity contribution in [1.29, 1.82) is 0 Å². The van der Waals surface area contributed by atoms with Gasteiger partial charge in [0.1, 0.15) is 5.75 Å². The van der Waals surface area contributed by atoms with Gasteiger partial charge in [0.2, 0.25) is 0 Å². The van der Waals surface area contributed by atoms with E-state index in [0.29, 0.717) is 30.0 Å². The Morgan fingerprint density at radius 3 is 2.90 bits per heavy atom. The summed E-state index contributed by atoms with van der Waals surface area (Å²) in [4.78, 5) is 12.1. The lowest BCUT2D eigenvalue weighted by atomic mass is 10.1. The van der Waals surface area contributed by atoms with Gasteiger partial charge in [-0.05, 0) is 18.2 Å². The minimum Gasteiger partial charge on any atom is -0.496 e. The quantitative estimate of drug-likeness (QED) is 0.796. The fourth-order valence-electron chi connectivity index (χ4n) is 1.89. The van der Waals surface area contributed by atoms with Crippen LogP contribution in [0, 0.1) is 0 Å². The van der Waals surface area contributed by atoms with Gasteiger partial charge in [0.05, 0.1) is 18.4 Å². The highest BCUT2D eigenvalue weighted by Gasteiger charge is 2.12. The minimum absolute atomic E-state index is 0.183. The fraction of sp³-hybridized carbons (Fsp3) is 0.286. The van der Waals surface area contributed by atoms with Gasteiger partial charge < -0.3 is 15.8 Å². The molecule has 0 radical (unpaired) electrons. The molecule has 0 aliphatic heterocycles. The zero-order chi connectivity index (χ0) is 14.5. The van der Waals surface area contributed by atoms with Crippen molar-refractivity contribution in [3.63, 3.8) is 0 Å². The number of amides is 1. The van der Waals surface area contributed by atoms with Crippen LogP contribution in [0.2, 0.25) is 0 Å². The number of nitrogens with one attached hydrogen (secondary N) is 1. The number of ether oxygens (including phenoxy) is 1. The molecule has 0 atom stereocenters. The summed E-state index contributed by atoms with van der Waals surface area (Å²) in [5.41, 5.74) is 7.64. The standard InChI is InChI=1S/C14H18N4O2/c1-18-8-6-11(17-18)5-7-16-14(19)12-4-3-10(15)9-13(12)20-2/h3-4,6,8-9H,5,7,15H2,1-2H3,(H,16,19). The smallest absolute Gasteiger partial charge is 0.255 e. The second-order valence-electron chi connectivity index (χ2n) is 4.45. The summed E-state index contributed by atoms with van der Waals surface area (Å²) in [7, 11) is 3.38. The highest BCUT2D eigenvalue weighted by Crippen LogP contribution is 2.21. The van der Waals surface area contributed by atoms with Crippen LogP contribution in [0.1, 0.15) is 16.1 Å². The van der Waals surface area contributed by atoms with Crippen LogP contribution in [0.25, 0.3) is 0 Å². The Bertz CT molecular complexity index is 607. The molecule has 6 heteroatoms. The molecule has 0 aliphatic rings. The Hall–Kier alpha value is -2.50. The van der Waals surface area contributed by atoms with Crippen molar-refractivity contribution < 1.29 is 9.53 Å². The van der Waals surface area contributed by atoms with Gasteiger partial charge in [-0.15, -0.1) is 0 Å². The van der Waals surface area contributed by atoms with Crippen LogP contribution in [0.3, 0.4) is 0 Å². The number of rotatable bonds is 5. The first-order valence-corrected chi connectivity index (χ1v) is 6.30. The summed E-state index contributed by atoms with van der Waals surface area (Å²) >= 11 is 0. The molecular weight excluding hydrogens is 256 g/mol. The molecule has 6 nitrogen and oxygen atoms in total. The summed E-state index contributed by atoms with van der Waals surface area (Å²) in [5, 5.41) is 7.09. The number of anilines is 1. The number of hydrogen-bond acceptors (Lipinski definition) is 4. The maximum absolute atomic E-state index is 12.1. The number of carbonyl (C=O) groups is 1. The van der Waals surface area contributed by atoms with Gasteiger partial charge in [-0.2, -0.15) is 5.10 Å². The minimum atomic E-state index is -0.183. The highest BCUT2D eigenvalue weighted by atomic mass is 16.5. The molecule has 1 aromatic carbocycles. The van der Waals surface area contributed by atoms with Crippen molar-refractivity contribution >= 4 is 11.6 Å². The van der Waals surface area contributed by atoms with Gasteiger partial charge in [0.15, 0.2) is 0 Å². The van der Waals surface area contributed by atoms with E-state index in [0.717, 1.165) is 5.69 Å². The summed E-state index contributed by atoms with van der Waals surface area (Å²) in [6.45, 7) is 0.517. The maximum atomic E-state index is 12.1. The lowest BCUT2D eigenvalue weighted by Gasteiger charge is -2.09. The van der Waals surface area contributed by atoms with E-state index in [-0.39, 0.29) is 5.91 Å². The molecule has 0 fully saturated rings. The number of aryl methyl sites for hydroxylation is 1. The summed E-state index contributed by atoms with van der Waals surface area (Å²) in [6.07, 6.45) is 2.56. The predicted octanol–water partition coefficient (Wildman–Crippen LogP) is 0.983. The first kappa shape index (κ1) is 13.9. The molecule has 0 aliphatic carbocycles. The fourth-order valence-corrected chi connectivity index (χ4v) is 1.89. The van der Waals surface area contributed by atoms with E-state index in [9.17, 15) is 4.79 Å². The summed E-state index contributed by atoms with van der Waals surface area (Å²) in [5.74, 6) is 0.290. The number of benzene rings is 1. The van der Waals surface area contributed by atoms with Gasteiger partial charge >= 0.3 is 0 Å². The number of methoxy groups -OCH3 is 1. The van der Waals surface area contributed by atoms with Crippen molar-refractivity contribution in [2.75, 3.05) is 19.4 Å². The number of carbonyl (C=O) groups excluding carboxylic acids is 1. The van der Waals surface area contributed by atoms with Crippen LogP contribution in [-0.4, -0.2) is 29.3 Å². The van der Waals surface area contributed by atoms with E-state index in [1.807, 2.05) is 19.3 Å². The summed E-state index contributed by atoms with van der Waals surface area (Å²) < 4.78 is 6.89. The van der Waals surface area contributed by atoms with Crippen LogP contribution in [0.4, 0.5) is 5.69 Å². The highest BCUT2D eigenvalue weighted by molar-refractivity contribution is 5.97. The third kappa shape index (κ3) is 3.28. The van der Waals surface area contributed by atoms with E-state index in [4.69, 9.17) is 10.5 Å².